The third kappa shape index (κ3) is 2.54. The van der Waals surface area contributed by atoms with E-state index in [1.54, 1.807) is 0 Å². The first-order chi connectivity index (χ1) is 10.2. The van der Waals surface area contributed by atoms with Crippen molar-refractivity contribution in [2.24, 2.45) is 23.7 Å². The molecule has 8 unspecified atom stereocenters. The molecule has 21 heavy (non-hydrogen) atoms. The highest BCUT2D eigenvalue weighted by atomic mass is 16.7. The van der Waals surface area contributed by atoms with Gasteiger partial charge < -0.3 is 18.9 Å². The standard InChI is InChI=1S/C17H28O4/c1-10-11(2)13-9-12(10)16(20-14-5-3-7-18-14)17(13)21-15-6-4-8-19-15/h10-17H,3-9H2,1-2H3. The molecule has 2 bridgehead atoms. The number of hydrogen-bond donors (Lipinski definition) is 0. The number of rotatable bonds is 4. The molecule has 2 aliphatic carbocycles. The van der Waals surface area contributed by atoms with E-state index in [1.165, 1.54) is 6.42 Å². The molecule has 0 aromatic carbocycles. The zero-order valence-corrected chi connectivity index (χ0v) is 13.2. The predicted molar refractivity (Wildman–Crippen MR) is 77.6 cm³/mol. The second-order valence-corrected chi connectivity index (χ2v) is 7.37. The molecular formula is C17H28O4. The summed E-state index contributed by atoms with van der Waals surface area (Å²) in [5, 5.41) is 0. The van der Waals surface area contributed by atoms with Gasteiger partial charge >= 0.3 is 0 Å². The van der Waals surface area contributed by atoms with E-state index in [2.05, 4.69) is 13.8 Å². The van der Waals surface area contributed by atoms with Crippen molar-refractivity contribution in [1.29, 1.82) is 0 Å². The Morgan fingerprint density at radius 3 is 1.62 bits per heavy atom. The third-order valence-corrected chi connectivity index (χ3v) is 6.29. The maximum absolute atomic E-state index is 6.35. The van der Waals surface area contributed by atoms with Crippen molar-refractivity contribution in [1.82, 2.24) is 0 Å². The Kier molecular flexibility index (Phi) is 3.99. The number of ether oxygens (including phenoxy) is 4. The van der Waals surface area contributed by atoms with Gasteiger partial charge in [0, 0.05) is 26.1 Å². The quantitative estimate of drug-likeness (QED) is 0.799. The van der Waals surface area contributed by atoms with Gasteiger partial charge in [-0.05, 0) is 42.9 Å². The molecule has 4 nitrogen and oxygen atoms in total. The molecule has 0 amide bonds. The van der Waals surface area contributed by atoms with Crippen molar-refractivity contribution in [2.75, 3.05) is 13.2 Å². The fourth-order valence-electron chi connectivity index (χ4n) is 4.90. The highest BCUT2D eigenvalue weighted by Crippen LogP contribution is 2.55. The van der Waals surface area contributed by atoms with Gasteiger partial charge in [0.2, 0.25) is 0 Å². The highest BCUT2D eigenvalue weighted by Gasteiger charge is 2.57. The summed E-state index contributed by atoms with van der Waals surface area (Å²) < 4.78 is 24.1. The van der Waals surface area contributed by atoms with Gasteiger partial charge in [0.25, 0.3) is 0 Å². The Balaban J connectivity index is 1.47. The van der Waals surface area contributed by atoms with E-state index in [-0.39, 0.29) is 24.8 Å². The molecule has 2 saturated carbocycles. The summed E-state index contributed by atoms with van der Waals surface area (Å²) in [5.74, 6) is 2.71. The van der Waals surface area contributed by atoms with Crippen LogP contribution in [0, 0.1) is 23.7 Å². The Morgan fingerprint density at radius 1 is 0.762 bits per heavy atom. The van der Waals surface area contributed by atoms with E-state index < -0.39 is 0 Å². The lowest BCUT2D eigenvalue weighted by Gasteiger charge is -2.39. The maximum Gasteiger partial charge on any atom is 0.158 e. The van der Waals surface area contributed by atoms with Crippen LogP contribution in [0.25, 0.3) is 0 Å². The largest absolute Gasteiger partial charge is 0.353 e. The molecule has 0 aromatic rings. The van der Waals surface area contributed by atoms with Gasteiger partial charge in [0.1, 0.15) is 0 Å². The molecule has 0 aromatic heterocycles. The fourth-order valence-corrected chi connectivity index (χ4v) is 4.90. The second-order valence-electron chi connectivity index (χ2n) is 7.37. The van der Waals surface area contributed by atoms with E-state index in [1.807, 2.05) is 0 Å². The molecule has 2 aliphatic heterocycles. The van der Waals surface area contributed by atoms with Crippen LogP contribution in [0.15, 0.2) is 0 Å². The summed E-state index contributed by atoms with van der Waals surface area (Å²) in [6.45, 7) is 6.44. The van der Waals surface area contributed by atoms with Crippen molar-refractivity contribution in [2.45, 2.75) is 70.7 Å². The minimum Gasteiger partial charge on any atom is -0.353 e. The minimum atomic E-state index is -0.00699. The molecular weight excluding hydrogens is 268 g/mol. The van der Waals surface area contributed by atoms with E-state index in [0.717, 1.165) is 50.7 Å². The van der Waals surface area contributed by atoms with Gasteiger partial charge in [-0.25, -0.2) is 0 Å². The van der Waals surface area contributed by atoms with Crippen LogP contribution < -0.4 is 0 Å². The Hall–Kier alpha value is -0.160. The SMILES string of the molecule is CC1C(C)C2CC1C(OC1CCCO1)C2OC1CCCO1. The first kappa shape index (κ1) is 14.4. The van der Waals surface area contributed by atoms with E-state index >= 15 is 0 Å². The Bertz CT molecular complexity index is 328. The summed E-state index contributed by atoms with van der Waals surface area (Å²) in [6, 6.07) is 0. The lowest BCUT2D eigenvalue weighted by atomic mass is 9.78. The average Bonchev–Trinajstić information content (AvgIpc) is 3.22. The van der Waals surface area contributed by atoms with Crippen LogP contribution in [0.2, 0.25) is 0 Å². The van der Waals surface area contributed by atoms with Crippen molar-refractivity contribution in [3.05, 3.63) is 0 Å². The van der Waals surface area contributed by atoms with Gasteiger partial charge in [0.15, 0.2) is 12.6 Å². The fraction of sp³-hybridized carbons (Fsp3) is 1.00. The molecule has 4 fully saturated rings. The third-order valence-electron chi connectivity index (χ3n) is 6.29. The first-order valence-corrected chi connectivity index (χ1v) is 8.78. The monoisotopic (exact) mass is 296 g/mol. The molecule has 8 atom stereocenters. The van der Waals surface area contributed by atoms with Gasteiger partial charge in [-0.2, -0.15) is 0 Å². The van der Waals surface area contributed by atoms with Crippen molar-refractivity contribution >= 4 is 0 Å². The van der Waals surface area contributed by atoms with Crippen LogP contribution in [0.5, 0.6) is 0 Å². The van der Waals surface area contributed by atoms with Crippen LogP contribution in [0.1, 0.15) is 46.0 Å². The molecule has 2 heterocycles. The van der Waals surface area contributed by atoms with E-state index in [9.17, 15) is 0 Å². The number of hydrogen-bond acceptors (Lipinski definition) is 4. The Morgan fingerprint density at radius 2 is 1.24 bits per heavy atom. The lowest BCUT2D eigenvalue weighted by Crippen LogP contribution is -2.46. The molecule has 0 spiro atoms. The normalized spacial score (nSPS) is 52.9. The first-order valence-electron chi connectivity index (χ1n) is 8.78. The molecule has 2 saturated heterocycles. The predicted octanol–water partition coefficient (Wildman–Crippen LogP) is 2.95. The topological polar surface area (TPSA) is 36.9 Å². The van der Waals surface area contributed by atoms with Gasteiger partial charge in [0.05, 0.1) is 12.2 Å². The molecule has 0 radical (unpaired) electrons. The molecule has 4 rings (SSSR count). The summed E-state index contributed by atoms with van der Waals surface area (Å²) in [5.41, 5.74) is 0. The van der Waals surface area contributed by atoms with Gasteiger partial charge in [-0.15, -0.1) is 0 Å². The zero-order valence-electron chi connectivity index (χ0n) is 13.2. The highest BCUT2D eigenvalue weighted by molar-refractivity contribution is 5.05. The van der Waals surface area contributed by atoms with Crippen LogP contribution in [0.3, 0.4) is 0 Å². The molecule has 4 aliphatic rings. The average molecular weight is 296 g/mol. The summed E-state index contributed by atoms with van der Waals surface area (Å²) in [7, 11) is 0. The maximum atomic E-state index is 6.35. The molecule has 4 heteroatoms. The van der Waals surface area contributed by atoms with Crippen molar-refractivity contribution in [3.8, 4) is 0 Å². The lowest BCUT2D eigenvalue weighted by molar-refractivity contribution is -0.236. The summed E-state index contributed by atoms with van der Waals surface area (Å²) >= 11 is 0. The van der Waals surface area contributed by atoms with E-state index in [0.29, 0.717) is 11.8 Å². The summed E-state index contributed by atoms with van der Waals surface area (Å²) in [6.07, 6.45) is 5.94. The molecule has 0 N–H and O–H groups in total. The minimum absolute atomic E-state index is 0.00699. The summed E-state index contributed by atoms with van der Waals surface area (Å²) in [4.78, 5) is 0. The second kappa shape index (κ2) is 5.80. The number of fused-ring (bicyclic) bond motifs is 2. The van der Waals surface area contributed by atoms with E-state index in [4.69, 9.17) is 18.9 Å². The van der Waals surface area contributed by atoms with Crippen LogP contribution in [-0.2, 0) is 18.9 Å². The van der Waals surface area contributed by atoms with Crippen LogP contribution >= 0.6 is 0 Å². The zero-order chi connectivity index (χ0) is 14.4. The van der Waals surface area contributed by atoms with Gasteiger partial charge in [-0.1, -0.05) is 13.8 Å². The van der Waals surface area contributed by atoms with Gasteiger partial charge in [-0.3, -0.25) is 0 Å². The van der Waals surface area contributed by atoms with Crippen LogP contribution in [-0.4, -0.2) is 38.0 Å². The van der Waals surface area contributed by atoms with Crippen LogP contribution in [0.4, 0.5) is 0 Å². The van der Waals surface area contributed by atoms with Crippen molar-refractivity contribution < 1.29 is 18.9 Å². The molecule has 120 valence electrons. The van der Waals surface area contributed by atoms with Crippen molar-refractivity contribution in [3.63, 3.8) is 0 Å². The smallest absolute Gasteiger partial charge is 0.158 e. The Labute approximate surface area is 127 Å².